The first-order chi connectivity index (χ1) is 10.1. The molecule has 0 amide bonds. The molecular formula is C15H23NO4S. The predicted molar refractivity (Wildman–Crippen MR) is 81.4 cm³/mol. The molecule has 0 aliphatic carbocycles. The highest BCUT2D eigenvalue weighted by Crippen LogP contribution is 2.31. The van der Waals surface area contributed by atoms with Gasteiger partial charge in [-0.2, -0.15) is 0 Å². The van der Waals surface area contributed by atoms with Crippen molar-refractivity contribution in [3.63, 3.8) is 0 Å². The van der Waals surface area contributed by atoms with Gasteiger partial charge in [0.05, 0.1) is 13.7 Å². The summed E-state index contributed by atoms with van der Waals surface area (Å²) in [6.07, 6.45) is 5.10. The molecule has 0 unspecified atom stereocenters. The van der Waals surface area contributed by atoms with Gasteiger partial charge in [0.15, 0.2) is 0 Å². The van der Waals surface area contributed by atoms with Crippen molar-refractivity contribution in [3.8, 4) is 11.5 Å². The number of ether oxygens (including phenoxy) is 2. The lowest BCUT2D eigenvalue weighted by atomic mass is 10.1. The number of benzene rings is 1. The van der Waals surface area contributed by atoms with Crippen LogP contribution in [0.25, 0.3) is 0 Å². The van der Waals surface area contributed by atoms with E-state index in [1.165, 1.54) is 4.31 Å². The SMILES string of the molecule is COc1ccc2c(c1)OCCCCCCCN(C)S2(=O)=O. The van der Waals surface area contributed by atoms with E-state index in [0.29, 0.717) is 24.7 Å². The standard InChI is InChI=1S/C15H23NO4S/c1-16-10-6-4-3-5-7-11-20-14-12-13(19-2)8-9-15(14)21(16,17)18/h8-9,12H,3-7,10-11H2,1-2H3. The molecular weight excluding hydrogens is 290 g/mol. The van der Waals surface area contributed by atoms with Crippen LogP contribution in [0.15, 0.2) is 23.1 Å². The van der Waals surface area contributed by atoms with Gasteiger partial charge in [-0.05, 0) is 25.0 Å². The van der Waals surface area contributed by atoms with Gasteiger partial charge in [0.2, 0.25) is 10.0 Å². The summed E-state index contributed by atoms with van der Waals surface area (Å²) in [5.74, 6) is 0.973. The largest absolute Gasteiger partial charge is 0.497 e. The van der Waals surface area contributed by atoms with Crippen LogP contribution in [-0.2, 0) is 10.0 Å². The Bertz CT molecular complexity index is 571. The van der Waals surface area contributed by atoms with Crippen LogP contribution in [0.4, 0.5) is 0 Å². The van der Waals surface area contributed by atoms with Gasteiger partial charge in [-0.15, -0.1) is 0 Å². The van der Waals surface area contributed by atoms with E-state index in [-0.39, 0.29) is 4.90 Å². The lowest BCUT2D eigenvalue weighted by Gasteiger charge is -2.20. The Hall–Kier alpha value is -1.27. The quantitative estimate of drug-likeness (QED) is 0.800. The van der Waals surface area contributed by atoms with Gasteiger partial charge in [-0.25, -0.2) is 12.7 Å². The number of fused-ring (bicyclic) bond motifs is 1. The van der Waals surface area contributed by atoms with Crippen LogP contribution < -0.4 is 9.47 Å². The van der Waals surface area contributed by atoms with E-state index in [0.717, 1.165) is 32.1 Å². The predicted octanol–water partition coefficient (Wildman–Crippen LogP) is 2.66. The zero-order valence-corrected chi connectivity index (χ0v) is 13.5. The van der Waals surface area contributed by atoms with Crippen LogP contribution in [0.2, 0.25) is 0 Å². The minimum absolute atomic E-state index is 0.214. The second-order valence-electron chi connectivity index (χ2n) is 5.26. The molecule has 1 aromatic rings. The van der Waals surface area contributed by atoms with Gasteiger partial charge < -0.3 is 9.47 Å². The Labute approximate surface area is 126 Å². The molecule has 0 saturated heterocycles. The lowest BCUT2D eigenvalue weighted by Crippen LogP contribution is -2.28. The average molecular weight is 313 g/mol. The number of rotatable bonds is 1. The molecule has 1 aliphatic heterocycles. The smallest absolute Gasteiger partial charge is 0.246 e. The maximum absolute atomic E-state index is 12.6. The number of hydrogen-bond donors (Lipinski definition) is 0. The Morgan fingerprint density at radius 1 is 1.14 bits per heavy atom. The summed E-state index contributed by atoms with van der Waals surface area (Å²) in [5.41, 5.74) is 0. The number of methoxy groups -OCH3 is 1. The summed E-state index contributed by atoms with van der Waals surface area (Å²) in [6, 6.07) is 4.86. The van der Waals surface area contributed by atoms with Crippen LogP contribution in [-0.4, -0.2) is 40.0 Å². The zero-order chi connectivity index (χ0) is 15.3. The molecule has 1 aromatic carbocycles. The summed E-state index contributed by atoms with van der Waals surface area (Å²) in [4.78, 5) is 0.214. The highest BCUT2D eigenvalue weighted by Gasteiger charge is 2.25. The molecule has 0 fully saturated rings. The van der Waals surface area contributed by atoms with Crippen LogP contribution >= 0.6 is 0 Å². The first-order valence-corrected chi connectivity index (χ1v) is 8.77. The summed E-state index contributed by atoms with van der Waals surface area (Å²) >= 11 is 0. The molecule has 1 aliphatic rings. The van der Waals surface area contributed by atoms with Crippen molar-refractivity contribution in [2.45, 2.75) is 37.0 Å². The van der Waals surface area contributed by atoms with Crippen LogP contribution in [0, 0.1) is 0 Å². The Morgan fingerprint density at radius 3 is 2.62 bits per heavy atom. The fourth-order valence-electron chi connectivity index (χ4n) is 2.38. The maximum Gasteiger partial charge on any atom is 0.246 e. The normalized spacial score (nSPS) is 20.5. The molecule has 1 heterocycles. The van der Waals surface area contributed by atoms with E-state index in [4.69, 9.17) is 9.47 Å². The first kappa shape index (κ1) is 16.1. The lowest BCUT2D eigenvalue weighted by molar-refractivity contribution is 0.291. The van der Waals surface area contributed by atoms with Gasteiger partial charge in [0.1, 0.15) is 16.4 Å². The van der Waals surface area contributed by atoms with E-state index in [1.54, 1.807) is 32.4 Å². The first-order valence-electron chi connectivity index (χ1n) is 7.33. The number of hydrogen-bond acceptors (Lipinski definition) is 4. The third-order valence-electron chi connectivity index (χ3n) is 3.71. The molecule has 0 N–H and O–H groups in total. The summed E-state index contributed by atoms with van der Waals surface area (Å²) in [6.45, 7) is 1.06. The number of nitrogens with zero attached hydrogens (tertiary/aromatic N) is 1. The fraction of sp³-hybridized carbons (Fsp3) is 0.600. The van der Waals surface area contributed by atoms with Crippen molar-refractivity contribution in [1.29, 1.82) is 0 Å². The Kier molecular flexibility index (Phi) is 5.47. The minimum atomic E-state index is -3.52. The van der Waals surface area contributed by atoms with Crippen LogP contribution in [0.1, 0.15) is 32.1 Å². The van der Waals surface area contributed by atoms with Crippen molar-refractivity contribution in [2.75, 3.05) is 27.3 Å². The highest BCUT2D eigenvalue weighted by atomic mass is 32.2. The average Bonchev–Trinajstić information content (AvgIpc) is 2.48. The van der Waals surface area contributed by atoms with Gasteiger partial charge in [-0.3, -0.25) is 0 Å². The van der Waals surface area contributed by atoms with E-state index in [2.05, 4.69) is 0 Å². The molecule has 5 nitrogen and oxygen atoms in total. The molecule has 0 aromatic heterocycles. The molecule has 0 bridgehead atoms. The molecule has 2 rings (SSSR count). The zero-order valence-electron chi connectivity index (χ0n) is 12.7. The monoisotopic (exact) mass is 313 g/mol. The maximum atomic E-state index is 12.6. The third kappa shape index (κ3) is 3.89. The molecule has 0 radical (unpaired) electrons. The summed E-state index contributed by atoms with van der Waals surface area (Å²) < 4.78 is 37.6. The van der Waals surface area contributed by atoms with Gasteiger partial charge in [0.25, 0.3) is 0 Å². The van der Waals surface area contributed by atoms with Crippen molar-refractivity contribution < 1.29 is 17.9 Å². The Balaban J connectivity index is 2.39. The fourth-order valence-corrected chi connectivity index (χ4v) is 3.70. The second kappa shape index (κ2) is 7.13. The summed E-state index contributed by atoms with van der Waals surface area (Å²) in [5, 5.41) is 0. The molecule has 0 atom stereocenters. The van der Waals surface area contributed by atoms with Gasteiger partial charge in [0, 0.05) is 19.7 Å². The summed E-state index contributed by atoms with van der Waals surface area (Å²) in [7, 11) is -0.347. The van der Waals surface area contributed by atoms with E-state index < -0.39 is 10.0 Å². The van der Waals surface area contributed by atoms with Crippen LogP contribution in [0.5, 0.6) is 11.5 Å². The third-order valence-corrected chi connectivity index (χ3v) is 5.61. The molecule has 118 valence electrons. The molecule has 0 spiro atoms. The van der Waals surface area contributed by atoms with Crippen molar-refractivity contribution in [3.05, 3.63) is 18.2 Å². The molecule has 0 saturated carbocycles. The van der Waals surface area contributed by atoms with Gasteiger partial charge in [-0.1, -0.05) is 19.3 Å². The van der Waals surface area contributed by atoms with Crippen molar-refractivity contribution in [1.82, 2.24) is 4.31 Å². The van der Waals surface area contributed by atoms with Crippen LogP contribution in [0.3, 0.4) is 0 Å². The minimum Gasteiger partial charge on any atom is -0.497 e. The second-order valence-corrected chi connectivity index (χ2v) is 7.27. The van der Waals surface area contributed by atoms with E-state index in [9.17, 15) is 8.42 Å². The van der Waals surface area contributed by atoms with E-state index in [1.807, 2.05) is 0 Å². The topological polar surface area (TPSA) is 55.8 Å². The van der Waals surface area contributed by atoms with Crippen molar-refractivity contribution in [2.24, 2.45) is 0 Å². The number of sulfonamides is 1. The highest BCUT2D eigenvalue weighted by molar-refractivity contribution is 7.89. The van der Waals surface area contributed by atoms with Gasteiger partial charge >= 0.3 is 0 Å². The van der Waals surface area contributed by atoms with Crippen molar-refractivity contribution >= 4 is 10.0 Å². The van der Waals surface area contributed by atoms with E-state index >= 15 is 0 Å². The molecule has 21 heavy (non-hydrogen) atoms. The Morgan fingerprint density at radius 2 is 1.86 bits per heavy atom. The molecule has 6 heteroatoms.